The van der Waals surface area contributed by atoms with E-state index in [2.05, 4.69) is 158 Å². The van der Waals surface area contributed by atoms with Crippen LogP contribution < -0.4 is 47.9 Å². The molecule has 2 unspecified atom stereocenters. The van der Waals surface area contributed by atoms with E-state index in [0.29, 0.717) is 106 Å². The Hall–Kier alpha value is -12.8. The normalized spacial score (nSPS) is 17.3. The van der Waals surface area contributed by atoms with Crippen LogP contribution in [0, 0.1) is 12.3 Å². The fourth-order valence-electron chi connectivity index (χ4n) is 14.8. The molecular weight excluding hydrogens is 1460 g/mol. The molecule has 5 fully saturated rings. The van der Waals surface area contributed by atoms with Gasteiger partial charge in [0.2, 0.25) is 47.6 Å². The Morgan fingerprint density at radius 3 is 1.21 bits per heavy atom. The molecule has 2 atom stereocenters. The molecule has 0 spiro atoms. The van der Waals surface area contributed by atoms with Gasteiger partial charge in [-0.05, 0) is 73.4 Å². The lowest BCUT2D eigenvalue weighted by Gasteiger charge is -2.28. The Balaban J connectivity index is 0.000000111. The molecule has 590 valence electrons. The third-order valence-corrected chi connectivity index (χ3v) is 20.7. The predicted octanol–water partition coefficient (Wildman–Crippen LogP) is 6.42. The Kier molecular flexibility index (Phi) is 21.5. The number of morpholine rings is 4. The van der Waals surface area contributed by atoms with E-state index in [9.17, 15) is 0 Å². The number of nitrogens with zero attached hydrogens (tertiary/aromatic N) is 28. The van der Waals surface area contributed by atoms with Gasteiger partial charge in [-0.15, -0.1) is 0 Å². The molecule has 5 saturated heterocycles. The molecular formula is C78H89N33O4. The number of aromatic nitrogens is 24. The van der Waals surface area contributed by atoms with Crippen LogP contribution in [-0.4, -0.2) is 236 Å². The Morgan fingerprint density at radius 2 is 0.791 bits per heavy atom. The van der Waals surface area contributed by atoms with Crippen LogP contribution in [0.25, 0.3) is 95.4 Å². The van der Waals surface area contributed by atoms with Gasteiger partial charge < -0.3 is 80.5 Å². The van der Waals surface area contributed by atoms with Crippen LogP contribution >= 0.6 is 0 Å². The van der Waals surface area contributed by atoms with Crippen LogP contribution in [0.3, 0.4) is 0 Å². The zero-order valence-electron chi connectivity index (χ0n) is 64.4. The number of nitrogens with two attached hydrogens (primary N) is 4. The Labute approximate surface area is 660 Å². The van der Waals surface area contributed by atoms with Gasteiger partial charge >= 0.3 is 0 Å². The molecule has 6 aliphatic rings. The van der Waals surface area contributed by atoms with Crippen molar-refractivity contribution in [3.8, 4) is 50.7 Å². The topological polar surface area (TPSA) is 444 Å². The number of benzene rings is 2. The van der Waals surface area contributed by atoms with Crippen molar-refractivity contribution in [2.45, 2.75) is 72.0 Å². The molecule has 37 heteroatoms. The molecule has 9 N–H and O–H groups in total. The zero-order valence-corrected chi connectivity index (χ0v) is 64.4. The minimum Gasteiger partial charge on any atom is -0.378 e. The summed E-state index contributed by atoms with van der Waals surface area (Å²) in [6, 6.07) is 17.6. The number of rotatable bonds is 12. The number of ether oxygens (including phenoxy) is 4. The lowest BCUT2D eigenvalue weighted by Crippen LogP contribution is -2.37. The highest BCUT2D eigenvalue weighted by atomic mass is 16.5. The van der Waals surface area contributed by atoms with Crippen LogP contribution in [0.2, 0.25) is 0 Å². The van der Waals surface area contributed by atoms with Crippen molar-refractivity contribution < 1.29 is 18.9 Å². The van der Waals surface area contributed by atoms with E-state index in [1.807, 2.05) is 35.7 Å². The maximum atomic E-state index is 5.71. The first kappa shape index (κ1) is 74.9. The molecule has 12 aromatic heterocycles. The SMILES string of the molecule is CC(C)(C)Cn1cnc2c(-c3cnc(N)nc3)nc(N3CCOCC3)nc21.Cc1cccc(-n2cnc3c(-c4cnc(N)nc4)nc(N4CCOCC4)nc32)c1.Nc1ncc(-c2nc(N3CCOCC3)nc3c2ncn3C2CCNC2)cn1.Nc1ncc(-c2nc(N3CCOCC3)nc3c2ncn3C2CCc3ccccc3C2)cn1. The molecule has 115 heavy (non-hydrogen) atoms. The minimum atomic E-state index is 0.0994. The largest absolute Gasteiger partial charge is 0.378 e. The zero-order chi connectivity index (χ0) is 78.5. The molecule has 0 saturated carbocycles. The number of nitrogen functional groups attached to an aromatic ring is 4. The molecule has 14 aromatic rings. The van der Waals surface area contributed by atoms with E-state index < -0.39 is 0 Å². The quantitative estimate of drug-likeness (QED) is 0.0881. The van der Waals surface area contributed by atoms with Crippen LogP contribution in [0.5, 0.6) is 0 Å². The molecule has 20 rings (SSSR count). The van der Waals surface area contributed by atoms with Crippen molar-refractivity contribution in [1.82, 2.24) is 123 Å². The number of imidazole rings is 4. The highest BCUT2D eigenvalue weighted by Crippen LogP contribution is 2.37. The predicted molar refractivity (Wildman–Crippen MR) is 435 cm³/mol. The van der Waals surface area contributed by atoms with Crippen molar-refractivity contribution in [2.24, 2.45) is 5.41 Å². The third-order valence-electron chi connectivity index (χ3n) is 20.7. The average Bonchev–Trinajstić information content (AvgIpc) is 1.66. The number of fused-ring (bicyclic) bond motifs is 5. The van der Waals surface area contributed by atoms with Crippen molar-refractivity contribution in [3.05, 3.63) is 140 Å². The summed E-state index contributed by atoms with van der Waals surface area (Å²) in [6.07, 6.45) is 25.0. The summed E-state index contributed by atoms with van der Waals surface area (Å²) in [4.78, 5) is 99.0. The van der Waals surface area contributed by atoms with Crippen LogP contribution in [-0.2, 0) is 38.3 Å². The van der Waals surface area contributed by atoms with E-state index in [0.717, 1.165) is 176 Å². The third kappa shape index (κ3) is 16.5. The van der Waals surface area contributed by atoms with Gasteiger partial charge in [-0.1, -0.05) is 57.2 Å². The van der Waals surface area contributed by atoms with Gasteiger partial charge in [0.1, 0.15) is 51.2 Å². The number of hydrogen-bond acceptors (Lipinski definition) is 33. The second-order valence-electron chi connectivity index (χ2n) is 29.9. The van der Waals surface area contributed by atoms with E-state index in [-0.39, 0.29) is 29.2 Å². The summed E-state index contributed by atoms with van der Waals surface area (Å²) < 4.78 is 30.4. The van der Waals surface area contributed by atoms with Gasteiger partial charge in [-0.3, -0.25) is 4.57 Å². The molecule has 37 nitrogen and oxygen atoms in total. The lowest BCUT2D eigenvalue weighted by molar-refractivity contribution is 0.122. The molecule has 0 bridgehead atoms. The summed E-state index contributed by atoms with van der Waals surface area (Å²) in [5.74, 6) is 3.61. The highest BCUT2D eigenvalue weighted by Gasteiger charge is 2.30. The second kappa shape index (κ2) is 33.1. The average molecular weight is 1550 g/mol. The monoisotopic (exact) mass is 1550 g/mol. The van der Waals surface area contributed by atoms with E-state index in [4.69, 9.17) is 86.7 Å². The van der Waals surface area contributed by atoms with Crippen molar-refractivity contribution in [1.29, 1.82) is 0 Å². The molecule has 0 amide bonds. The number of aryl methyl sites for hydroxylation is 2. The Bertz CT molecular complexity index is 5710. The first-order valence-corrected chi connectivity index (χ1v) is 38.6. The summed E-state index contributed by atoms with van der Waals surface area (Å²) in [5, 5.41) is 3.40. The highest BCUT2D eigenvalue weighted by molar-refractivity contribution is 5.92. The van der Waals surface area contributed by atoms with E-state index >= 15 is 0 Å². The standard InChI is InChI=1S/C23H24N8O.C20H20N8O.C18H24N8O.C17H21N9O/c24-22-25-12-17(13-26-22)19-20-21(29-23(28-19)30-7-9-32-10-8-30)31(14-27-20)18-6-5-15-3-1-2-4-16(15)11-18;1-13-3-2-4-15(9-13)28-12-24-17-16(14-10-22-19(21)23-11-14)25-20(26-18(17)28)27-5-7-29-8-6-27;1-18(2,3)10-26-11-22-14-13(12-8-20-16(19)21-9-12)23-17(24-15(14)26)25-4-6-27-7-5-25;18-16-20-7-11(8-21-16)13-14-15(26(10-22-14)12-1-2-19-9-12)24-17(23-13)25-3-5-27-6-4-25/h1-4,12-14,18H,5-11H2,(H2,24,25,26);2-4,9-12H,5-8H2,1H3,(H2,21,22,23);8-9,11H,4-7,10H2,1-3H3,(H2,19,20,21);7-8,10,12,19H,1-6,9H2,(H2,18,20,21). The number of hydrogen-bond donors (Lipinski definition) is 5. The molecule has 5 aliphatic heterocycles. The fourth-order valence-corrected chi connectivity index (χ4v) is 14.8. The van der Waals surface area contributed by atoms with Crippen molar-refractivity contribution in [3.63, 3.8) is 0 Å². The summed E-state index contributed by atoms with van der Waals surface area (Å²) in [5.41, 5.74) is 39.9. The van der Waals surface area contributed by atoms with Crippen LogP contribution in [0.1, 0.15) is 62.4 Å². The molecule has 0 radical (unpaired) electrons. The maximum absolute atomic E-state index is 5.71. The van der Waals surface area contributed by atoms with Crippen LogP contribution in [0.15, 0.2) is 123 Å². The summed E-state index contributed by atoms with van der Waals surface area (Å²) in [7, 11) is 0. The number of nitrogens with one attached hydrogen (secondary N) is 1. The van der Waals surface area contributed by atoms with Crippen molar-refractivity contribution >= 4 is 92.2 Å². The van der Waals surface area contributed by atoms with Gasteiger partial charge in [0.05, 0.1) is 77.9 Å². The second-order valence-corrected chi connectivity index (χ2v) is 29.9. The van der Waals surface area contributed by atoms with Gasteiger partial charge in [0.25, 0.3) is 0 Å². The van der Waals surface area contributed by atoms with Gasteiger partial charge in [-0.25, -0.2) is 79.7 Å². The lowest BCUT2D eigenvalue weighted by atomic mass is 9.88. The first-order chi connectivity index (χ1) is 56.1. The summed E-state index contributed by atoms with van der Waals surface area (Å²) >= 11 is 0. The van der Waals surface area contributed by atoms with Crippen molar-refractivity contribution in [2.75, 3.05) is 161 Å². The first-order valence-electron chi connectivity index (χ1n) is 38.6. The molecule has 1 aliphatic carbocycles. The minimum absolute atomic E-state index is 0.0994. The van der Waals surface area contributed by atoms with E-state index in [1.165, 1.54) is 16.7 Å². The van der Waals surface area contributed by atoms with Crippen LogP contribution in [0.4, 0.5) is 47.6 Å². The Morgan fingerprint density at radius 1 is 0.409 bits per heavy atom. The van der Waals surface area contributed by atoms with Gasteiger partial charge in [0, 0.05) is 149 Å². The fraction of sp³-hybridized carbons (Fsp3) is 0.385. The van der Waals surface area contributed by atoms with E-state index in [1.54, 1.807) is 55.9 Å². The smallest absolute Gasteiger partial charge is 0.228 e. The maximum Gasteiger partial charge on any atom is 0.228 e. The molecule has 17 heterocycles. The van der Waals surface area contributed by atoms with Gasteiger partial charge in [-0.2, -0.15) is 19.9 Å². The summed E-state index contributed by atoms with van der Waals surface area (Å²) in [6.45, 7) is 22.7. The van der Waals surface area contributed by atoms with Gasteiger partial charge in [0.15, 0.2) is 22.6 Å². The molecule has 2 aromatic carbocycles. The number of anilines is 8.